The molecule has 182 valence electrons. The smallest absolute Gasteiger partial charge is 0.255 e. The number of carbonyl (C=O) groups is 1. The van der Waals surface area contributed by atoms with Crippen molar-refractivity contribution in [3.05, 3.63) is 106 Å². The van der Waals surface area contributed by atoms with Gasteiger partial charge in [0.1, 0.15) is 5.75 Å². The van der Waals surface area contributed by atoms with Crippen LogP contribution in [0.25, 0.3) is 11.0 Å². The molecule has 1 heterocycles. The summed E-state index contributed by atoms with van der Waals surface area (Å²) in [5, 5.41) is 17.2. The quantitative estimate of drug-likeness (QED) is 0.0758. The molecule has 0 fully saturated rings. The van der Waals surface area contributed by atoms with Gasteiger partial charge >= 0.3 is 0 Å². The minimum absolute atomic E-state index is 0.117. The average Bonchev–Trinajstić information content (AvgIpc) is 2.90. The highest BCUT2D eigenvalue weighted by atomic mass is 16.5. The Hall–Kier alpha value is -4.79. The van der Waals surface area contributed by atoms with Gasteiger partial charge in [0, 0.05) is 11.6 Å². The first kappa shape index (κ1) is 24.3. The van der Waals surface area contributed by atoms with E-state index < -0.39 is 5.84 Å². The monoisotopic (exact) mass is 483 g/mol. The Morgan fingerprint density at radius 3 is 2.53 bits per heavy atom. The van der Waals surface area contributed by atoms with Crippen LogP contribution in [-0.4, -0.2) is 18.3 Å². The zero-order valence-corrected chi connectivity index (χ0v) is 19.4. The van der Waals surface area contributed by atoms with E-state index in [9.17, 15) is 9.59 Å². The van der Waals surface area contributed by atoms with E-state index in [1.807, 2.05) is 18.2 Å². The fraction of sp³-hybridized carbons (Fsp3) is 0.148. The van der Waals surface area contributed by atoms with E-state index in [-0.39, 0.29) is 33.8 Å². The maximum Gasteiger partial charge on any atom is 0.255 e. The molecule has 9 heteroatoms. The highest BCUT2D eigenvalue weighted by Gasteiger charge is 2.15. The number of amidine groups is 1. The van der Waals surface area contributed by atoms with Crippen LogP contribution in [0.2, 0.25) is 0 Å². The van der Waals surface area contributed by atoms with E-state index in [4.69, 9.17) is 20.4 Å². The van der Waals surface area contributed by atoms with Crippen molar-refractivity contribution in [3.8, 4) is 5.75 Å². The topological polar surface area (TPSA) is 143 Å². The van der Waals surface area contributed by atoms with Gasteiger partial charge in [-0.05, 0) is 61.2 Å². The van der Waals surface area contributed by atoms with Crippen LogP contribution in [-0.2, 0) is 6.42 Å². The van der Waals surface area contributed by atoms with Gasteiger partial charge in [-0.2, -0.15) is 0 Å². The van der Waals surface area contributed by atoms with Gasteiger partial charge in [0.15, 0.2) is 16.8 Å². The molecule has 1 aromatic heterocycles. The number of nitrogens with one attached hydrogen (secondary N) is 2. The van der Waals surface area contributed by atoms with Crippen LogP contribution in [0.1, 0.15) is 34.5 Å². The molecule has 0 saturated heterocycles. The van der Waals surface area contributed by atoms with E-state index in [0.717, 1.165) is 25.3 Å². The predicted molar refractivity (Wildman–Crippen MR) is 138 cm³/mol. The van der Waals surface area contributed by atoms with Crippen molar-refractivity contribution in [2.45, 2.75) is 19.3 Å². The Bertz CT molecular complexity index is 1450. The number of para-hydroxylation sites is 1. The van der Waals surface area contributed by atoms with Crippen LogP contribution in [0, 0.1) is 5.41 Å². The van der Waals surface area contributed by atoms with Gasteiger partial charge in [0.25, 0.3) is 5.91 Å². The molecular weight excluding hydrogens is 458 g/mol. The zero-order valence-electron chi connectivity index (χ0n) is 19.4. The minimum atomic E-state index is -0.409. The van der Waals surface area contributed by atoms with Gasteiger partial charge in [0.05, 0.1) is 17.7 Å². The molecule has 3 aromatic carbocycles. The summed E-state index contributed by atoms with van der Waals surface area (Å²) in [6.07, 6.45) is 2.97. The van der Waals surface area contributed by atoms with Crippen LogP contribution in [0.4, 0.5) is 5.69 Å². The second-order valence-electron chi connectivity index (χ2n) is 7.99. The molecule has 0 spiro atoms. The van der Waals surface area contributed by atoms with Crippen molar-refractivity contribution in [1.29, 1.82) is 5.41 Å². The first-order valence-electron chi connectivity index (χ1n) is 11.4. The number of aryl methyl sites for hydroxylation is 1. The molecule has 0 aliphatic rings. The molecule has 9 nitrogen and oxygen atoms in total. The molecular formula is C27H25N5O4. The van der Waals surface area contributed by atoms with Gasteiger partial charge in [-0.3, -0.25) is 15.0 Å². The Balaban J connectivity index is 1.38. The second-order valence-corrected chi connectivity index (χ2v) is 7.99. The van der Waals surface area contributed by atoms with Gasteiger partial charge < -0.3 is 20.3 Å². The lowest BCUT2D eigenvalue weighted by atomic mass is 10.1. The number of hydrogen-bond acceptors (Lipinski definition) is 6. The summed E-state index contributed by atoms with van der Waals surface area (Å²) in [5.41, 5.74) is 1.75. The average molecular weight is 484 g/mol. The Morgan fingerprint density at radius 2 is 1.78 bits per heavy atom. The first-order chi connectivity index (χ1) is 17.5. The third kappa shape index (κ3) is 6.01. The molecule has 36 heavy (non-hydrogen) atoms. The summed E-state index contributed by atoms with van der Waals surface area (Å²) in [4.78, 5) is 25.3. The van der Waals surface area contributed by atoms with Gasteiger partial charge in [0.2, 0.25) is 5.84 Å². The number of anilines is 1. The molecule has 0 saturated carbocycles. The number of benzene rings is 3. The van der Waals surface area contributed by atoms with E-state index in [2.05, 4.69) is 27.8 Å². The highest BCUT2D eigenvalue weighted by Crippen LogP contribution is 2.24. The third-order valence-electron chi connectivity index (χ3n) is 5.48. The van der Waals surface area contributed by atoms with Crippen molar-refractivity contribution >= 4 is 28.4 Å². The number of fused-ring (bicyclic) bond motifs is 1. The van der Waals surface area contributed by atoms with Crippen LogP contribution in [0.3, 0.4) is 0 Å². The highest BCUT2D eigenvalue weighted by molar-refractivity contribution is 6.08. The zero-order chi connectivity index (χ0) is 25.3. The summed E-state index contributed by atoms with van der Waals surface area (Å²) in [6.45, 7) is 0.592. The maximum absolute atomic E-state index is 12.8. The van der Waals surface area contributed by atoms with E-state index in [0.29, 0.717) is 17.9 Å². The van der Waals surface area contributed by atoms with Crippen LogP contribution in [0.15, 0.2) is 98.4 Å². The van der Waals surface area contributed by atoms with Crippen LogP contribution >= 0.6 is 0 Å². The standard InChI is InChI=1S/C27H25N5O4/c28-26(31-32-29)24-17-23(33)21-10-6-11-22(25(21)36-24)30-27(34)19-12-14-20(15-13-19)35-16-5-4-9-18-7-2-1-3-8-18/h1-3,6-8,10-15,17H,4-5,9,16H2,(H,30,34)(H3,28,29,31). The largest absolute Gasteiger partial charge is 0.494 e. The Labute approximate surface area is 207 Å². The van der Waals surface area contributed by atoms with E-state index in [1.165, 1.54) is 5.56 Å². The Kier molecular flexibility index (Phi) is 7.82. The molecule has 0 unspecified atom stereocenters. The van der Waals surface area contributed by atoms with E-state index >= 15 is 0 Å². The predicted octanol–water partition coefficient (Wildman–Crippen LogP) is 5.10. The number of carbonyl (C=O) groups excluding carboxylic acids is 1. The lowest BCUT2D eigenvalue weighted by molar-refractivity contribution is 0.102. The second kappa shape index (κ2) is 11.6. The van der Waals surface area contributed by atoms with Crippen molar-refractivity contribution in [2.75, 3.05) is 11.9 Å². The molecule has 4 N–H and O–H groups in total. The van der Waals surface area contributed by atoms with E-state index in [1.54, 1.807) is 42.5 Å². The van der Waals surface area contributed by atoms with Gasteiger partial charge in [-0.1, -0.05) is 41.6 Å². The van der Waals surface area contributed by atoms with Crippen molar-refractivity contribution in [2.24, 2.45) is 16.2 Å². The SMILES string of the molecule is N=C(N=NN)c1cc(=O)c2cccc(NC(=O)c3ccc(OCCCCc4ccccc4)cc3)c2o1. The summed E-state index contributed by atoms with van der Waals surface area (Å²) < 4.78 is 11.5. The molecule has 0 bridgehead atoms. The molecule has 1 amide bonds. The molecule has 0 atom stereocenters. The number of nitrogens with two attached hydrogens (primary N) is 1. The number of ether oxygens (including phenoxy) is 1. The molecule has 4 rings (SSSR count). The Morgan fingerprint density at radius 1 is 1.00 bits per heavy atom. The summed E-state index contributed by atoms with van der Waals surface area (Å²) in [5.74, 6) is 4.75. The lowest BCUT2D eigenvalue weighted by Crippen LogP contribution is -2.13. The van der Waals surface area contributed by atoms with Crippen molar-refractivity contribution in [1.82, 2.24) is 0 Å². The maximum atomic E-state index is 12.8. The fourth-order valence-corrected chi connectivity index (χ4v) is 3.66. The minimum Gasteiger partial charge on any atom is -0.494 e. The first-order valence-corrected chi connectivity index (χ1v) is 11.4. The molecule has 0 aliphatic carbocycles. The fourth-order valence-electron chi connectivity index (χ4n) is 3.66. The summed E-state index contributed by atoms with van der Waals surface area (Å²) in [7, 11) is 0. The lowest BCUT2D eigenvalue weighted by Gasteiger charge is -2.10. The number of nitrogens with zero attached hydrogens (tertiary/aromatic N) is 2. The molecule has 0 radical (unpaired) electrons. The number of unbranched alkanes of at least 4 members (excludes halogenated alkanes) is 1. The summed E-state index contributed by atoms with van der Waals surface area (Å²) in [6, 6.07) is 23.1. The van der Waals surface area contributed by atoms with Crippen molar-refractivity contribution < 1.29 is 13.9 Å². The van der Waals surface area contributed by atoms with Gasteiger partial charge in [-0.25, -0.2) is 0 Å². The third-order valence-corrected chi connectivity index (χ3v) is 5.48. The number of rotatable bonds is 9. The molecule has 4 aromatic rings. The molecule has 0 aliphatic heterocycles. The number of hydrogen-bond donors (Lipinski definition) is 3. The normalized spacial score (nSPS) is 11.0. The van der Waals surface area contributed by atoms with Crippen molar-refractivity contribution in [3.63, 3.8) is 0 Å². The summed E-state index contributed by atoms with van der Waals surface area (Å²) >= 11 is 0. The van der Waals surface area contributed by atoms with Crippen LogP contribution < -0.4 is 21.3 Å². The van der Waals surface area contributed by atoms with Crippen LogP contribution in [0.5, 0.6) is 5.75 Å². The number of amides is 1. The van der Waals surface area contributed by atoms with Gasteiger partial charge in [-0.15, -0.1) is 5.11 Å².